The molecule has 0 saturated heterocycles. The third kappa shape index (κ3) is 3.48. The average Bonchev–Trinajstić information content (AvgIpc) is 3.15. The number of rotatable bonds is 4. The number of amides is 1. The molecule has 0 spiro atoms. The number of aryl methyl sites for hydroxylation is 1. The lowest BCUT2D eigenvalue weighted by molar-refractivity contribution is 0.0789. The molecule has 0 bridgehead atoms. The van der Waals surface area contributed by atoms with Gasteiger partial charge >= 0.3 is 0 Å². The Balaban J connectivity index is 1.80. The van der Waals surface area contributed by atoms with Crippen LogP contribution in [-0.4, -0.2) is 22.8 Å². The second-order valence-electron chi connectivity index (χ2n) is 5.24. The summed E-state index contributed by atoms with van der Waals surface area (Å²) in [5, 5.41) is 4.86. The fourth-order valence-corrected chi connectivity index (χ4v) is 4.03. The lowest BCUT2D eigenvalue weighted by atomic mass is 10.2. The summed E-state index contributed by atoms with van der Waals surface area (Å²) in [6, 6.07) is 8.29. The molecule has 0 aliphatic rings. The molecular weight excluding hydrogens is 331 g/mol. The van der Waals surface area contributed by atoms with Gasteiger partial charge in [-0.1, -0.05) is 12.1 Å². The van der Waals surface area contributed by atoms with Gasteiger partial charge in [0, 0.05) is 24.5 Å². The first-order valence-corrected chi connectivity index (χ1v) is 8.80. The summed E-state index contributed by atoms with van der Waals surface area (Å²) in [6.45, 7) is 2.21. The van der Waals surface area contributed by atoms with E-state index in [9.17, 15) is 9.18 Å². The number of aromatic nitrogens is 1. The fourth-order valence-electron chi connectivity index (χ4n) is 2.26. The Morgan fingerprint density at radius 2 is 2.17 bits per heavy atom. The number of carbonyl (C=O) groups is 1. The van der Waals surface area contributed by atoms with Crippen molar-refractivity contribution in [2.24, 2.45) is 0 Å². The van der Waals surface area contributed by atoms with Crippen LogP contribution in [0, 0.1) is 12.7 Å². The molecule has 0 N–H and O–H groups in total. The topological polar surface area (TPSA) is 33.2 Å². The highest BCUT2D eigenvalue weighted by atomic mass is 32.1. The van der Waals surface area contributed by atoms with E-state index < -0.39 is 0 Å². The van der Waals surface area contributed by atoms with Gasteiger partial charge in [0.25, 0.3) is 5.91 Å². The minimum atomic E-state index is -0.294. The molecule has 0 atom stereocenters. The van der Waals surface area contributed by atoms with Crippen LogP contribution in [0.5, 0.6) is 0 Å². The molecule has 0 fully saturated rings. The molecule has 3 aromatic rings. The summed E-state index contributed by atoms with van der Waals surface area (Å²) in [5.41, 5.74) is 2.53. The number of halogens is 1. The first-order valence-electron chi connectivity index (χ1n) is 7.04. The predicted molar refractivity (Wildman–Crippen MR) is 92.4 cm³/mol. The van der Waals surface area contributed by atoms with E-state index in [0.29, 0.717) is 11.4 Å². The van der Waals surface area contributed by atoms with E-state index in [1.165, 1.54) is 23.5 Å². The van der Waals surface area contributed by atoms with Crippen molar-refractivity contribution in [1.29, 1.82) is 0 Å². The number of hydrogen-bond acceptors (Lipinski definition) is 4. The second-order valence-corrected chi connectivity index (χ2v) is 7.02. The molecule has 3 nitrogen and oxygen atoms in total. The lowest BCUT2D eigenvalue weighted by Gasteiger charge is -2.16. The first-order chi connectivity index (χ1) is 11.0. The van der Waals surface area contributed by atoms with Crippen molar-refractivity contribution < 1.29 is 9.18 Å². The quantitative estimate of drug-likeness (QED) is 0.692. The predicted octanol–water partition coefficient (Wildman–Crippen LogP) is 4.59. The van der Waals surface area contributed by atoms with Gasteiger partial charge in [-0.05, 0) is 36.1 Å². The maximum absolute atomic E-state index is 13.3. The summed E-state index contributed by atoms with van der Waals surface area (Å²) >= 11 is 3.00. The zero-order chi connectivity index (χ0) is 16.4. The monoisotopic (exact) mass is 346 g/mol. The highest BCUT2D eigenvalue weighted by molar-refractivity contribution is 7.17. The number of thiazole rings is 1. The Hall–Kier alpha value is -2.05. The molecular formula is C17H15FN2OS2. The van der Waals surface area contributed by atoms with Crippen LogP contribution in [0.3, 0.4) is 0 Å². The molecule has 118 valence electrons. The van der Waals surface area contributed by atoms with E-state index in [0.717, 1.165) is 21.8 Å². The van der Waals surface area contributed by atoms with E-state index in [4.69, 9.17) is 0 Å². The van der Waals surface area contributed by atoms with Gasteiger partial charge in [0.05, 0.1) is 5.69 Å². The van der Waals surface area contributed by atoms with Crippen molar-refractivity contribution in [3.05, 3.63) is 63.0 Å². The second kappa shape index (κ2) is 6.60. The van der Waals surface area contributed by atoms with Crippen LogP contribution in [0.25, 0.3) is 10.6 Å². The molecule has 1 amide bonds. The van der Waals surface area contributed by atoms with Gasteiger partial charge in [-0.15, -0.1) is 11.3 Å². The van der Waals surface area contributed by atoms with Crippen LogP contribution in [-0.2, 0) is 6.54 Å². The third-order valence-corrected chi connectivity index (χ3v) is 5.29. The third-order valence-electron chi connectivity index (χ3n) is 3.41. The van der Waals surface area contributed by atoms with Crippen molar-refractivity contribution >= 4 is 28.6 Å². The molecule has 0 aliphatic carbocycles. The van der Waals surface area contributed by atoms with Crippen LogP contribution >= 0.6 is 22.7 Å². The van der Waals surface area contributed by atoms with Gasteiger partial charge in [-0.2, -0.15) is 11.3 Å². The Bertz CT molecular complexity index is 827. The molecule has 3 rings (SSSR count). The number of hydrogen-bond donors (Lipinski definition) is 0. The average molecular weight is 346 g/mol. The van der Waals surface area contributed by atoms with Crippen LogP contribution in [0.2, 0.25) is 0 Å². The maximum Gasteiger partial charge on any atom is 0.265 e. The molecule has 6 heteroatoms. The number of benzene rings is 1. The Kier molecular flexibility index (Phi) is 4.54. The Morgan fingerprint density at radius 1 is 1.35 bits per heavy atom. The van der Waals surface area contributed by atoms with Gasteiger partial charge in [-0.3, -0.25) is 4.79 Å². The summed E-state index contributed by atoms with van der Waals surface area (Å²) in [5.74, 6) is -0.386. The van der Waals surface area contributed by atoms with Gasteiger partial charge < -0.3 is 4.90 Å². The van der Waals surface area contributed by atoms with Crippen LogP contribution in [0.15, 0.2) is 41.1 Å². The number of carbonyl (C=O) groups excluding carboxylic acids is 1. The minimum absolute atomic E-state index is 0.0919. The van der Waals surface area contributed by atoms with Crippen molar-refractivity contribution in [3.63, 3.8) is 0 Å². The summed E-state index contributed by atoms with van der Waals surface area (Å²) < 4.78 is 13.3. The van der Waals surface area contributed by atoms with Crippen LogP contribution in [0.4, 0.5) is 4.39 Å². The summed E-state index contributed by atoms with van der Waals surface area (Å²) in [6.07, 6.45) is 0. The summed E-state index contributed by atoms with van der Waals surface area (Å²) in [4.78, 5) is 19.4. The number of thiophene rings is 1. The minimum Gasteiger partial charge on any atom is -0.337 e. The van der Waals surface area contributed by atoms with Gasteiger partial charge in [0.15, 0.2) is 0 Å². The molecule has 2 aromatic heterocycles. The fraction of sp³-hybridized carbons (Fsp3) is 0.176. The highest BCUT2D eigenvalue weighted by Crippen LogP contribution is 2.30. The SMILES string of the molecule is Cc1nc(-c2ccsc2)sc1C(=O)N(C)Cc1cccc(F)c1. The molecule has 1 aromatic carbocycles. The number of nitrogens with zero attached hydrogens (tertiary/aromatic N) is 2. The van der Waals surface area contributed by atoms with Gasteiger partial charge in [0.2, 0.25) is 0 Å². The first kappa shape index (κ1) is 15.8. The van der Waals surface area contributed by atoms with E-state index in [1.54, 1.807) is 29.4 Å². The molecule has 2 heterocycles. The van der Waals surface area contributed by atoms with Crippen molar-refractivity contribution in [2.75, 3.05) is 7.05 Å². The largest absolute Gasteiger partial charge is 0.337 e. The van der Waals surface area contributed by atoms with E-state index >= 15 is 0 Å². The van der Waals surface area contributed by atoms with E-state index in [1.807, 2.05) is 29.8 Å². The smallest absolute Gasteiger partial charge is 0.265 e. The molecule has 0 unspecified atom stereocenters. The van der Waals surface area contributed by atoms with E-state index in [2.05, 4.69) is 4.98 Å². The zero-order valence-corrected chi connectivity index (χ0v) is 14.4. The molecule has 0 saturated carbocycles. The lowest BCUT2D eigenvalue weighted by Crippen LogP contribution is -2.26. The van der Waals surface area contributed by atoms with E-state index in [-0.39, 0.29) is 11.7 Å². The highest BCUT2D eigenvalue weighted by Gasteiger charge is 2.20. The maximum atomic E-state index is 13.3. The Morgan fingerprint density at radius 3 is 2.87 bits per heavy atom. The summed E-state index contributed by atoms with van der Waals surface area (Å²) in [7, 11) is 1.72. The standard InChI is InChI=1S/C17H15FN2OS2/c1-11-15(23-16(19-11)13-6-7-22-10-13)17(21)20(2)9-12-4-3-5-14(18)8-12/h3-8,10H,9H2,1-2H3. The van der Waals surface area contributed by atoms with Crippen molar-refractivity contribution in [3.8, 4) is 10.6 Å². The molecule has 0 aliphatic heterocycles. The van der Waals surface area contributed by atoms with Crippen LogP contribution < -0.4 is 0 Å². The van der Waals surface area contributed by atoms with Gasteiger partial charge in [0.1, 0.15) is 15.7 Å². The normalized spacial score (nSPS) is 10.7. The molecule has 23 heavy (non-hydrogen) atoms. The van der Waals surface area contributed by atoms with Crippen LogP contribution in [0.1, 0.15) is 20.9 Å². The van der Waals surface area contributed by atoms with Gasteiger partial charge in [-0.25, -0.2) is 9.37 Å². The zero-order valence-electron chi connectivity index (χ0n) is 12.7. The Labute approximate surface area is 142 Å². The van der Waals surface area contributed by atoms with Crippen molar-refractivity contribution in [2.45, 2.75) is 13.5 Å². The molecule has 0 radical (unpaired) electrons. The van der Waals surface area contributed by atoms with Crippen molar-refractivity contribution in [1.82, 2.24) is 9.88 Å².